The monoisotopic (exact) mass is 236 g/mol. The summed E-state index contributed by atoms with van der Waals surface area (Å²) in [5, 5.41) is 2.78. The third-order valence-corrected chi connectivity index (χ3v) is 2.29. The van der Waals surface area contributed by atoms with Crippen LogP contribution in [0.4, 0.5) is 0 Å². The van der Waals surface area contributed by atoms with Gasteiger partial charge in [0.05, 0.1) is 6.61 Å². The van der Waals surface area contributed by atoms with Gasteiger partial charge in [-0.2, -0.15) is 0 Å². The Morgan fingerprint density at radius 1 is 1.41 bits per heavy atom. The lowest BCUT2D eigenvalue weighted by molar-refractivity contribution is -0.123. The number of nitrogens with two attached hydrogens (primary N) is 1. The zero-order valence-corrected chi connectivity index (χ0v) is 10.2. The van der Waals surface area contributed by atoms with Gasteiger partial charge in [0.1, 0.15) is 6.04 Å². The Balaban J connectivity index is 2.24. The molecular formula is C13H20N2O2. The van der Waals surface area contributed by atoms with Crippen LogP contribution >= 0.6 is 0 Å². The summed E-state index contributed by atoms with van der Waals surface area (Å²) >= 11 is 0. The Bertz CT molecular complexity index is 327. The number of amides is 1. The summed E-state index contributed by atoms with van der Waals surface area (Å²) in [5.74, 6) is -0.176. The van der Waals surface area contributed by atoms with E-state index in [0.717, 1.165) is 12.0 Å². The second-order valence-corrected chi connectivity index (χ2v) is 3.88. The minimum atomic E-state index is -0.592. The molecule has 0 unspecified atom stereocenters. The lowest BCUT2D eigenvalue weighted by Gasteiger charge is -2.12. The molecule has 1 aromatic rings. The molecule has 0 saturated carbocycles. The van der Waals surface area contributed by atoms with E-state index in [2.05, 4.69) is 5.32 Å². The highest BCUT2D eigenvalue weighted by molar-refractivity contribution is 5.81. The van der Waals surface area contributed by atoms with E-state index in [-0.39, 0.29) is 12.5 Å². The minimum Gasteiger partial charge on any atom is -0.379 e. The molecule has 0 aliphatic heterocycles. The number of rotatable bonds is 7. The summed E-state index contributed by atoms with van der Waals surface area (Å²) in [7, 11) is 0. The normalized spacial score (nSPS) is 12.1. The van der Waals surface area contributed by atoms with E-state index in [9.17, 15) is 4.79 Å². The average Bonchev–Trinajstić information content (AvgIpc) is 2.37. The predicted molar refractivity (Wildman–Crippen MR) is 67.4 cm³/mol. The molecule has 0 radical (unpaired) electrons. The number of benzene rings is 1. The largest absolute Gasteiger partial charge is 0.379 e. The second-order valence-electron chi connectivity index (χ2n) is 3.88. The van der Waals surface area contributed by atoms with Gasteiger partial charge in [-0.15, -0.1) is 0 Å². The molecule has 4 heteroatoms. The molecule has 0 bridgehead atoms. The fraction of sp³-hybridized carbons (Fsp3) is 0.462. The highest BCUT2D eigenvalue weighted by Crippen LogP contribution is 1.97. The zero-order chi connectivity index (χ0) is 12.5. The first-order valence-electron chi connectivity index (χ1n) is 5.89. The highest BCUT2D eigenvalue weighted by Gasteiger charge is 2.12. The quantitative estimate of drug-likeness (QED) is 0.696. The van der Waals surface area contributed by atoms with Crippen molar-refractivity contribution in [2.24, 2.45) is 5.73 Å². The van der Waals surface area contributed by atoms with Crippen molar-refractivity contribution in [3.05, 3.63) is 35.9 Å². The summed E-state index contributed by atoms with van der Waals surface area (Å²) in [5.41, 5.74) is 6.74. The van der Waals surface area contributed by atoms with E-state index in [1.165, 1.54) is 0 Å². The standard InChI is InChI=1S/C13H20N2O2/c1-2-8-17-10-12(14)13(16)15-9-11-6-4-3-5-7-11/h3-7,12H,2,8-10,14H2,1H3,(H,15,16)/t12-/m0/s1. The first-order chi connectivity index (χ1) is 8.24. The van der Waals surface area contributed by atoms with Crippen molar-refractivity contribution >= 4 is 5.91 Å². The first-order valence-corrected chi connectivity index (χ1v) is 5.89. The molecule has 0 spiro atoms. The van der Waals surface area contributed by atoms with Crippen molar-refractivity contribution in [3.63, 3.8) is 0 Å². The third kappa shape index (κ3) is 5.47. The van der Waals surface area contributed by atoms with Gasteiger partial charge >= 0.3 is 0 Å². The van der Waals surface area contributed by atoms with Gasteiger partial charge in [-0.3, -0.25) is 4.79 Å². The number of carbonyl (C=O) groups excluding carboxylic acids is 1. The molecule has 0 saturated heterocycles. The number of ether oxygens (including phenoxy) is 1. The van der Waals surface area contributed by atoms with Crippen LogP contribution in [0.2, 0.25) is 0 Å². The Hall–Kier alpha value is -1.39. The molecular weight excluding hydrogens is 216 g/mol. The van der Waals surface area contributed by atoms with Crippen LogP contribution in [0.5, 0.6) is 0 Å². The Kier molecular flexibility index (Phi) is 6.29. The van der Waals surface area contributed by atoms with Gasteiger partial charge in [-0.1, -0.05) is 37.3 Å². The van der Waals surface area contributed by atoms with Crippen molar-refractivity contribution < 1.29 is 9.53 Å². The molecule has 1 rings (SSSR count). The fourth-order valence-corrected chi connectivity index (χ4v) is 1.35. The van der Waals surface area contributed by atoms with Crippen molar-refractivity contribution in [2.45, 2.75) is 25.9 Å². The minimum absolute atomic E-state index is 0.176. The fourth-order valence-electron chi connectivity index (χ4n) is 1.35. The van der Waals surface area contributed by atoms with E-state index >= 15 is 0 Å². The number of hydrogen-bond donors (Lipinski definition) is 2. The zero-order valence-electron chi connectivity index (χ0n) is 10.2. The van der Waals surface area contributed by atoms with Gasteiger partial charge in [0.25, 0.3) is 0 Å². The van der Waals surface area contributed by atoms with Crippen molar-refractivity contribution in [1.82, 2.24) is 5.32 Å². The van der Waals surface area contributed by atoms with Gasteiger partial charge in [0.2, 0.25) is 5.91 Å². The molecule has 3 N–H and O–H groups in total. The maximum Gasteiger partial charge on any atom is 0.239 e. The lowest BCUT2D eigenvalue weighted by Crippen LogP contribution is -2.43. The van der Waals surface area contributed by atoms with Crippen LogP contribution in [-0.2, 0) is 16.1 Å². The molecule has 1 aromatic carbocycles. The molecule has 0 heterocycles. The smallest absolute Gasteiger partial charge is 0.239 e. The molecule has 17 heavy (non-hydrogen) atoms. The SMILES string of the molecule is CCCOC[C@H](N)C(=O)NCc1ccccc1. The Morgan fingerprint density at radius 3 is 2.76 bits per heavy atom. The topological polar surface area (TPSA) is 64.3 Å². The van der Waals surface area contributed by atoms with E-state index < -0.39 is 6.04 Å². The van der Waals surface area contributed by atoms with Crippen molar-refractivity contribution in [3.8, 4) is 0 Å². The maximum atomic E-state index is 11.6. The number of hydrogen-bond acceptors (Lipinski definition) is 3. The van der Waals surface area contributed by atoms with E-state index in [1.807, 2.05) is 37.3 Å². The van der Waals surface area contributed by atoms with Crippen LogP contribution in [0.15, 0.2) is 30.3 Å². The molecule has 1 amide bonds. The number of carbonyl (C=O) groups is 1. The second kappa shape index (κ2) is 7.81. The van der Waals surface area contributed by atoms with E-state index in [1.54, 1.807) is 0 Å². The maximum absolute atomic E-state index is 11.6. The summed E-state index contributed by atoms with van der Waals surface area (Å²) in [6, 6.07) is 9.14. The van der Waals surface area contributed by atoms with Crippen LogP contribution in [-0.4, -0.2) is 25.2 Å². The van der Waals surface area contributed by atoms with Crippen LogP contribution in [0.25, 0.3) is 0 Å². The molecule has 4 nitrogen and oxygen atoms in total. The summed E-state index contributed by atoms with van der Waals surface area (Å²) in [6.07, 6.45) is 0.929. The van der Waals surface area contributed by atoms with Crippen LogP contribution < -0.4 is 11.1 Å². The van der Waals surface area contributed by atoms with E-state index in [0.29, 0.717) is 13.2 Å². The molecule has 1 atom stereocenters. The summed E-state index contributed by atoms with van der Waals surface area (Å²) in [4.78, 5) is 11.6. The molecule has 0 aliphatic rings. The molecule has 94 valence electrons. The van der Waals surface area contributed by atoms with Crippen molar-refractivity contribution in [1.29, 1.82) is 0 Å². The van der Waals surface area contributed by atoms with Gasteiger partial charge in [0, 0.05) is 13.2 Å². The summed E-state index contributed by atoms with van der Waals surface area (Å²) < 4.78 is 5.23. The van der Waals surface area contributed by atoms with Gasteiger partial charge in [0.15, 0.2) is 0 Å². The van der Waals surface area contributed by atoms with Crippen LogP contribution in [0.1, 0.15) is 18.9 Å². The highest BCUT2D eigenvalue weighted by atomic mass is 16.5. The van der Waals surface area contributed by atoms with Crippen LogP contribution in [0.3, 0.4) is 0 Å². The van der Waals surface area contributed by atoms with Crippen molar-refractivity contribution in [2.75, 3.05) is 13.2 Å². The van der Waals surface area contributed by atoms with Gasteiger partial charge < -0.3 is 15.8 Å². The van der Waals surface area contributed by atoms with Crippen LogP contribution in [0, 0.1) is 0 Å². The van der Waals surface area contributed by atoms with E-state index in [4.69, 9.17) is 10.5 Å². The lowest BCUT2D eigenvalue weighted by atomic mass is 10.2. The average molecular weight is 236 g/mol. The van der Waals surface area contributed by atoms with Gasteiger partial charge in [-0.25, -0.2) is 0 Å². The summed E-state index contributed by atoms with van der Waals surface area (Å²) in [6.45, 7) is 3.43. The Morgan fingerprint density at radius 2 is 2.12 bits per heavy atom. The third-order valence-electron chi connectivity index (χ3n) is 2.29. The number of nitrogens with one attached hydrogen (secondary N) is 1. The Labute approximate surface area is 102 Å². The molecule has 0 aromatic heterocycles. The first kappa shape index (κ1) is 13.7. The molecule has 0 aliphatic carbocycles. The predicted octanol–water partition coefficient (Wildman–Crippen LogP) is 1.06. The molecule has 0 fully saturated rings. The van der Waals surface area contributed by atoms with Gasteiger partial charge in [-0.05, 0) is 12.0 Å².